The van der Waals surface area contributed by atoms with Crippen molar-refractivity contribution in [3.05, 3.63) is 66.0 Å². The lowest BCUT2D eigenvalue weighted by Gasteiger charge is -2.33. The maximum Gasteiger partial charge on any atom is 0.253 e. The van der Waals surface area contributed by atoms with Crippen molar-refractivity contribution >= 4 is 11.8 Å². The first-order chi connectivity index (χ1) is 14.6. The summed E-state index contributed by atoms with van der Waals surface area (Å²) in [5, 5.41) is 2.82. The number of nitrogens with one attached hydrogen (secondary N) is 1. The molecule has 5 nitrogen and oxygen atoms in total. The largest absolute Gasteiger partial charge is 0.341 e. The number of aromatic nitrogens is 1. The van der Waals surface area contributed by atoms with E-state index in [0.29, 0.717) is 16.9 Å². The summed E-state index contributed by atoms with van der Waals surface area (Å²) in [7, 11) is 0. The molecule has 5 heteroatoms. The first-order valence-corrected chi connectivity index (χ1v) is 11.1. The number of carbonyl (C=O) groups excluding carboxylic acids is 2. The number of carbonyl (C=O) groups is 2. The first-order valence-electron chi connectivity index (χ1n) is 11.1. The molecule has 1 aromatic carbocycles. The molecule has 1 spiro atoms. The molecule has 0 bridgehead atoms. The Hall–Kier alpha value is -2.69. The molecular weight excluding hydrogens is 374 g/mol. The Morgan fingerprint density at radius 2 is 1.60 bits per heavy atom. The van der Waals surface area contributed by atoms with Gasteiger partial charge in [-0.15, -0.1) is 0 Å². The van der Waals surface area contributed by atoms with Crippen LogP contribution in [0.3, 0.4) is 0 Å². The number of pyridine rings is 1. The van der Waals surface area contributed by atoms with Crippen molar-refractivity contribution in [2.24, 2.45) is 5.41 Å². The molecule has 3 aliphatic rings. The fourth-order valence-corrected chi connectivity index (χ4v) is 4.04. The lowest BCUT2D eigenvalue weighted by Crippen LogP contribution is -2.49. The molecule has 0 radical (unpaired) electrons. The van der Waals surface area contributed by atoms with Gasteiger partial charge in [0.2, 0.25) is 5.91 Å². The number of hydrogen-bond acceptors (Lipinski definition) is 3. The average molecular weight is 406 g/mol. The summed E-state index contributed by atoms with van der Waals surface area (Å²) in [5.74, 6) is 0.388. The molecular formula is C25H31N3O2. The summed E-state index contributed by atoms with van der Waals surface area (Å²) < 4.78 is 0. The summed E-state index contributed by atoms with van der Waals surface area (Å²) in [6, 6.07) is 15.2. The van der Waals surface area contributed by atoms with Crippen molar-refractivity contribution in [3.8, 4) is 0 Å². The summed E-state index contributed by atoms with van der Waals surface area (Å²) in [4.78, 5) is 31.2. The molecule has 2 amide bonds. The van der Waals surface area contributed by atoms with Gasteiger partial charge < -0.3 is 10.2 Å². The molecule has 2 aliphatic carbocycles. The Labute approximate surface area is 178 Å². The maximum atomic E-state index is 12.5. The molecule has 30 heavy (non-hydrogen) atoms. The Morgan fingerprint density at radius 1 is 1.00 bits per heavy atom. The second kappa shape index (κ2) is 8.99. The van der Waals surface area contributed by atoms with E-state index in [4.69, 9.17) is 0 Å². The van der Waals surface area contributed by atoms with Crippen LogP contribution in [0.25, 0.3) is 0 Å². The number of benzene rings is 1. The van der Waals surface area contributed by atoms with Gasteiger partial charge in [-0.2, -0.15) is 0 Å². The van der Waals surface area contributed by atoms with Crippen molar-refractivity contribution in [2.75, 3.05) is 13.1 Å². The summed E-state index contributed by atoms with van der Waals surface area (Å²) in [6.07, 6.45) is 8.90. The van der Waals surface area contributed by atoms with Gasteiger partial charge >= 0.3 is 0 Å². The number of likely N-dealkylation sites (tertiary alicyclic amines) is 1. The third-order valence-corrected chi connectivity index (χ3v) is 6.52. The van der Waals surface area contributed by atoms with E-state index >= 15 is 0 Å². The van der Waals surface area contributed by atoms with Crippen LogP contribution < -0.4 is 5.32 Å². The second-order valence-electron chi connectivity index (χ2n) is 8.92. The van der Waals surface area contributed by atoms with Crippen LogP contribution in [-0.4, -0.2) is 40.8 Å². The zero-order valence-corrected chi connectivity index (χ0v) is 17.7. The molecule has 5 rings (SSSR count). The number of nitrogens with zero attached hydrogens (tertiary/aromatic N) is 2. The Morgan fingerprint density at radius 3 is 2.07 bits per heavy atom. The van der Waals surface area contributed by atoms with Crippen LogP contribution in [-0.2, 0) is 4.79 Å². The van der Waals surface area contributed by atoms with Crippen molar-refractivity contribution in [1.82, 2.24) is 15.2 Å². The number of hydrogen-bond donors (Lipinski definition) is 1. The highest BCUT2D eigenvalue weighted by Crippen LogP contribution is 2.53. The zero-order valence-electron chi connectivity index (χ0n) is 17.7. The third-order valence-electron chi connectivity index (χ3n) is 6.52. The lowest BCUT2D eigenvalue weighted by atomic mass is 9.93. The molecule has 1 aliphatic heterocycles. The SMILES string of the molecule is CC(NC(=O)c1ccc(C2CC2)nc1)C(=O)N1CCC2(CC1)CC2.c1ccccc1. The summed E-state index contributed by atoms with van der Waals surface area (Å²) in [6.45, 7) is 3.43. The van der Waals surface area contributed by atoms with E-state index in [0.717, 1.165) is 31.6 Å². The van der Waals surface area contributed by atoms with Gasteiger partial charge in [-0.05, 0) is 63.0 Å². The molecule has 1 N–H and O–H groups in total. The quantitative estimate of drug-likeness (QED) is 0.831. The lowest BCUT2D eigenvalue weighted by molar-refractivity contribution is -0.134. The van der Waals surface area contributed by atoms with Crippen LogP contribution in [0.15, 0.2) is 54.7 Å². The van der Waals surface area contributed by atoms with E-state index in [1.165, 1.54) is 25.7 Å². The Balaban J connectivity index is 0.000000313. The van der Waals surface area contributed by atoms with Crippen LogP contribution in [0.2, 0.25) is 0 Å². The van der Waals surface area contributed by atoms with Crippen LogP contribution in [0.5, 0.6) is 0 Å². The standard InChI is InChI=1S/C19H25N3O2.C6H6/c1-13(18(24)22-10-8-19(6-7-19)9-11-22)21-17(23)15-4-5-16(20-12-15)14-2-3-14;1-2-4-6-5-3-1/h4-5,12-14H,2-3,6-11H2,1H3,(H,21,23);1-6H. The van der Waals surface area contributed by atoms with E-state index in [1.54, 1.807) is 13.1 Å². The molecule has 1 saturated heterocycles. The van der Waals surface area contributed by atoms with Crippen molar-refractivity contribution in [3.63, 3.8) is 0 Å². The van der Waals surface area contributed by atoms with Crippen LogP contribution in [0.1, 0.15) is 67.4 Å². The minimum atomic E-state index is -0.492. The molecule has 2 aromatic rings. The highest BCUT2D eigenvalue weighted by atomic mass is 16.2. The van der Waals surface area contributed by atoms with Gasteiger partial charge in [-0.25, -0.2) is 0 Å². The van der Waals surface area contributed by atoms with Gasteiger partial charge in [0.25, 0.3) is 5.91 Å². The van der Waals surface area contributed by atoms with Crippen LogP contribution >= 0.6 is 0 Å². The summed E-state index contributed by atoms with van der Waals surface area (Å²) >= 11 is 0. The molecule has 1 unspecified atom stereocenters. The number of amides is 2. The molecule has 2 saturated carbocycles. The minimum Gasteiger partial charge on any atom is -0.341 e. The smallest absolute Gasteiger partial charge is 0.253 e. The van der Waals surface area contributed by atoms with Gasteiger partial charge in [0.05, 0.1) is 5.56 Å². The fourth-order valence-electron chi connectivity index (χ4n) is 4.04. The molecule has 3 fully saturated rings. The number of rotatable bonds is 4. The van der Waals surface area contributed by atoms with Crippen LogP contribution in [0.4, 0.5) is 0 Å². The fraction of sp³-hybridized carbons (Fsp3) is 0.480. The molecule has 1 atom stereocenters. The Bertz CT molecular complexity index is 821. The van der Waals surface area contributed by atoms with Gasteiger partial charge in [-0.3, -0.25) is 14.6 Å². The van der Waals surface area contributed by atoms with Gasteiger partial charge in [-0.1, -0.05) is 36.4 Å². The topological polar surface area (TPSA) is 62.3 Å². The monoisotopic (exact) mass is 405 g/mol. The minimum absolute atomic E-state index is 0.0291. The van der Waals surface area contributed by atoms with Crippen molar-refractivity contribution in [2.45, 2.75) is 57.4 Å². The highest BCUT2D eigenvalue weighted by Gasteiger charge is 2.45. The number of piperidine rings is 1. The normalized spacial score (nSPS) is 20.0. The highest BCUT2D eigenvalue weighted by molar-refractivity contribution is 5.97. The molecule has 1 aromatic heterocycles. The second-order valence-corrected chi connectivity index (χ2v) is 8.92. The molecule has 2 heterocycles. The van der Waals surface area contributed by atoms with Crippen LogP contribution in [0, 0.1) is 5.41 Å². The van der Waals surface area contributed by atoms with E-state index in [1.807, 2.05) is 53.4 Å². The van der Waals surface area contributed by atoms with E-state index in [-0.39, 0.29) is 11.8 Å². The summed E-state index contributed by atoms with van der Waals surface area (Å²) in [5.41, 5.74) is 2.14. The molecule has 158 valence electrons. The predicted octanol–water partition coefficient (Wildman–Crippen LogP) is 4.17. The maximum absolute atomic E-state index is 12.5. The van der Waals surface area contributed by atoms with Gasteiger partial charge in [0.1, 0.15) is 6.04 Å². The van der Waals surface area contributed by atoms with E-state index in [9.17, 15) is 9.59 Å². The average Bonchev–Trinajstić information content (AvgIpc) is 3.72. The predicted molar refractivity (Wildman–Crippen MR) is 117 cm³/mol. The third kappa shape index (κ3) is 5.26. The van der Waals surface area contributed by atoms with E-state index in [2.05, 4.69) is 10.3 Å². The van der Waals surface area contributed by atoms with Gasteiger partial charge in [0, 0.05) is 30.9 Å². The zero-order chi connectivity index (χ0) is 21.0. The van der Waals surface area contributed by atoms with Gasteiger partial charge in [0.15, 0.2) is 0 Å². The Kier molecular flexibility index (Phi) is 6.16. The first kappa shape index (κ1) is 20.6. The van der Waals surface area contributed by atoms with E-state index < -0.39 is 6.04 Å². The van der Waals surface area contributed by atoms with Crippen molar-refractivity contribution < 1.29 is 9.59 Å². The van der Waals surface area contributed by atoms with Crippen molar-refractivity contribution in [1.29, 1.82) is 0 Å².